The Kier molecular flexibility index (Phi) is 4.30. The van der Waals surface area contributed by atoms with E-state index in [1.165, 1.54) is 36.4 Å². The van der Waals surface area contributed by atoms with Crippen molar-refractivity contribution in [2.45, 2.75) is 13.0 Å². The Bertz CT molecular complexity index is 582. The minimum atomic E-state index is -0.409. The highest BCUT2D eigenvalue weighted by atomic mass is 19.1. The molecule has 0 heterocycles. The highest BCUT2D eigenvalue weighted by Crippen LogP contribution is 2.13. The van der Waals surface area contributed by atoms with Crippen molar-refractivity contribution in [1.82, 2.24) is 5.32 Å². The van der Waals surface area contributed by atoms with E-state index in [1.54, 1.807) is 19.1 Å². The van der Waals surface area contributed by atoms with Crippen LogP contribution in [0.4, 0.5) is 19.3 Å². The van der Waals surface area contributed by atoms with Crippen LogP contribution in [-0.4, -0.2) is 6.03 Å². The Morgan fingerprint density at radius 3 is 2.00 bits per heavy atom. The van der Waals surface area contributed by atoms with Gasteiger partial charge >= 0.3 is 6.03 Å². The highest BCUT2D eigenvalue weighted by Gasteiger charge is 2.09. The summed E-state index contributed by atoms with van der Waals surface area (Å²) in [4.78, 5) is 11.8. The quantitative estimate of drug-likeness (QED) is 0.878. The van der Waals surface area contributed by atoms with Crippen LogP contribution in [0.2, 0.25) is 0 Å². The minimum Gasteiger partial charge on any atom is -0.331 e. The molecule has 104 valence electrons. The van der Waals surface area contributed by atoms with E-state index >= 15 is 0 Å². The van der Waals surface area contributed by atoms with Crippen LogP contribution in [0.15, 0.2) is 48.5 Å². The fourth-order valence-electron chi connectivity index (χ4n) is 1.73. The molecule has 0 bridgehead atoms. The number of amides is 2. The maximum absolute atomic E-state index is 12.8. The molecule has 1 atom stereocenters. The van der Waals surface area contributed by atoms with E-state index in [1.807, 2.05) is 0 Å². The molecular weight excluding hydrogens is 262 g/mol. The van der Waals surface area contributed by atoms with E-state index in [4.69, 9.17) is 0 Å². The van der Waals surface area contributed by atoms with Crippen LogP contribution in [0.3, 0.4) is 0 Å². The predicted octanol–water partition coefficient (Wildman–Crippen LogP) is 3.85. The van der Waals surface area contributed by atoms with Gasteiger partial charge in [0.25, 0.3) is 0 Å². The van der Waals surface area contributed by atoms with Crippen molar-refractivity contribution < 1.29 is 13.6 Å². The zero-order valence-corrected chi connectivity index (χ0v) is 10.9. The first-order valence-corrected chi connectivity index (χ1v) is 6.13. The topological polar surface area (TPSA) is 41.1 Å². The summed E-state index contributed by atoms with van der Waals surface area (Å²) in [6.45, 7) is 1.79. The van der Waals surface area contributed by atoms with Crippen LogP contribution in [0.5, 0.6) is 0 Å². The number of halogens is 2. The SMILES string of the molecule is C[C@@H](NC(=O)Nc1ccc(F)cc1)c1ccc(F)cc1. The molecule has 0 aliphatic heterocycles. The maximum atomic E-state index is 12.8. The summed E-state index contributed by atoms with van der Waals surface area (Å²) >= 11 is 0. The van der Waals surface area contributed by atoms with E-state index in [0.29, 0.717) is 5.69 Å². The van der Waals surface area contributed by atoms with E-state index < -0.39 is 6.03 Å². The zero-order chi connectivity index (χ0) is 14.5. The second-order valence-corrected chi connectivity index (χ2v) is 4.38. The first-order valence-electron chi connectivity index (χ1n) is 6.13. The van der Waals surface area contributed by atoms with Gasteiger partial charge in [-0.25, -0.2) is 13.6 Å². The molecule has 20 heavy (non-hydrogen) atoms. The van der Waals surface area contributed by atoms with Crippen molar-refractivity contribution in [3.05, 3.63) is 65.7 Å². The monoisotopic (exact) mass is 276 g/mol. The smallest absolute Gasteiger partial charge is 0.319 e. The molecule has 0 aromatic heterocycles. The molecule has 0 aliphatic rings. The van der Waals surface area contributed by atoms with Crippen molar-refractivity contribution in [3.63, 3.8) is 0 Å². The maximum Gasteiger partial charge on any atom is 0.319 e. The second kappa shape index (κ2) is 6.14. The van der Waals surface area contributed by atoms with Gasteiger partial charge < -0.3 is 10.6 Å². The molecule has 0 unspecified atom stereocenters. The van der Waals surface area contributed by atoms with Crippen molar-refractivity contribution in [2.75, 3.05) is 5.32 Å². The third kappa shape index (κ3) is 3.78. The van der Waals surface area contributed by atoms with Gasteiger partial charge in [0, 0.05) is 5.69 Å². The van der Waals surface area contributed by atoms with Crippen LogP contribution in [0.25, 0.3) is 0 Å². The number of nitrogens with one attached hydrogen (secondary N) is 2. The Balaban J connectivity index is 1.93. The van der Waals surface area contributed by atoms with Gasteiger partial charge in [0.2, 0.25) is 0 Å². The van der Waals surface area contributed by atoms with E-state index in [2.05, 4.69) is 10.6 Å². The largest absolute Gasteiger partial charge is 0.331 e. The molecular formula is C15H14F2N2O. The second-order valence-electron chi connectivity index (χ2n) is 4.38. The van der Waals surface area contributed by atoms with Gasteiger partial charge in [-0.05, 0) is 48.9 Å². The average Bonchev–Trinajstić information content (AvgIpc) is 2.42. The molecule has 0 saturated carbocycles. The summed E-state index contributed by atoms with van der Waals surface area (Å²) in [6, 6.07) is 10.7. The van der Waals surface area contributed by atoms with Crippen LogP contribution >= 0.6 is 0 Å². The van der Waals surface area contributed by atoms with Crippen LogP contribution in [0, 0.1) is 11.6 Å². The van der Waals surface area contributed by atoms with Crippen molar-refractivity contribution in [3.8, 4) is 0 Å². The lowest BCUT2D eigenvalue weighted by molar-refractivity contribution is 0.249. The summed E-state index contributed by atoms with van der Waals surface area (Å²) in [5, 5.41) is 5.30. The highest BCUT2D eigenvalue weighted by molar-refractivity contribution is 5.89. The normalized spacial score (nSPS) is 11.8. The van der Waals surface area contributed by atoms with Crippen LogP contribution in [0.1, 0.15) is 18.5 Å². The molecule has 0 spiro atoms. The van der Waals surface area contributed by atoms with E-state index in [9.17, 15) is 13.6 Å². The van der Waals surface area contributed by atoms with Crippen LogP contribution < -0.4 is 10.6 Å². The van der Waals surface area contributed by atoms with E-state index in [0.717, 1.165) is 5.56 Å². The summed E-state index contributed by atoms with van der Waals surface area (Å²) in [6.07, 6.45) is 0. The molecule has 2 rings (SSSR count). The number of carbonyl (C=O) groups is 1. The minimum absolute atomic E-state index is 0.268. The molecule has 2 aromatic carbocycles. The molecule has 5 heteroatoms. The Morgan fingerprint density at radius 2 is 1.45 bits per heavy atom. The van der Waals surface area contributed by atoms with Gasteiger partial charge in [-0.15, -0.1) is 0 Å². The number of hydrogen-bond donors (Lipinski definition) is 2. The number of benzene rings is 2. The van der Waals surface area contributed by atoms with Gasteiger partial charge in [-0.1, -0.05) is 12.1 Å². The standard InChI is InChI=1S/C15H14F2N2O/c1-10(11-2-4-12(16)5-3-11)18-15(20)19-14-8-6-13(17)7-9-14/h2-10H,1H3,(H2,18,19,20)/t10-/m1/s1. The Labute approximate surface area is 115 Å². The first-order chi connectivity index (χ1) is 9.54. The molecule has 2 aromatic rings. The van der Waals surface area contributed by atoms with Crippen molar-refractivity contribution in [1.29, 1.82) is 0 Å². The van der Waals surface area contributed by atoms with Gasteiger partial charge in [-0.3, -0.25) is 0 Å². The van der Waals surface area contributed by atoms with E-state index in [-0.39, 0.29) is 17.7 Å². The van der Waals surface area contributed by atoms with Crippen molar-refractivity contribution in [2.24, 2.45) is 0 Å². The number of anilines is 1. The zero-order valence-electron chi connectivity index (χ0n) is 10.9. The molecule has 0 fully saturated rings. The van der Waals surface area contributed by atoms with Gasteiger partial charge in [0.1, 0.15) is 11.6 Å². The third-order valence-corrected chi connectivity index (χ3v) is 2.82. The first kappa shape index (κ1) is 14.0. The molecule has 2 amide bonds. The lowest BCUT2D eigenvalue weighted by Gasteiger charge is -2.15. The third-order valence-electron chi connectivity index (χ3n) is 2.82. The van der Waals surface area contributed by atoms with Crippen LogP contribution in [-0.2, 0) is 0 Å². The summed E-state index contributed by atoms with van der Waals surface area (Å²) in [5.74, 6) is -0.688. The number of hydrogen-bond acceptors (Lipinski definition) is 1. The molecule has 0 saturated heterocycles. The lowest BCUT2D eigenvalue weighted by Crippen LogP contribution is -2.31. The molecule has 0 radical (unpaired) electrons. The Morgan fingerprint density at radius 1 is 0.950 bits per heavy atom. The van der Waals surface area contributed by atoms with Gasteiger partial charge in [0.05, 0.1) is 6.04 Å². The molecule has 0 aliphatic carbocycles. The molecule has 2 N–H and O–H groups in total. The summed E-state index contributed by atoms with van der Waals surface area (Å²) in [7, 11) is 0. The number of carbonyl (C=O) groups excluding carboxylic acids is 1. The fraction of sp³-hybridized carbons (Fsp3) is 0.133. The number of rotatable bonds is 3. The predicted molar refractivity (Wildman–Crippen MR) is 73.4 cm³/mol. The lowest BCUT2D eigenvalue weighted by atomic mass is 10.1. The number of urea groups is 1. The Hall–Kier alpha value is -2.43. The molecule has 3 nitrogen and oxygen atoms in total. The summed E-state index contributed by atoms with van der Waals surface area (Å²) in [5.41, 5.74) is 1.29. The van der Waals surface area contributed by atoms with Gasteiger partial charge in [0.15, 0.2) is 0 Å². The average molecular weight is 276 g/mol. The van der Waals surface area contributed by atoms with Gasteiger partial charge in [-0.2, -0.15) is 0 Å². The van der Waals surface area contributed by atoms with Crippen molar-refractivity contribution >= 4 is 11.7 Å². The fourth-order valence-corrected chi connectivity index (χ4v) is 1.73. The summed E-state index contributed by atoms with van der Waals surface area (Å²) < 4.78 is 25.5.